The minimum Gasteiger partial charge on any atom is -0.330 e. The van der Waals surface area contributed by atoms with Crippen molar-refractivity contribution in [1.29, 1.82) is 0 Å². The van der Waals surface area contributed by atoms with Gasteiger partial charge in [0.05, 0.1) is 0 Å². The molecule has 0 saturated heterocycles. The SMILES string of the molecule is CCC(CN)c1nncn1CC(C)C. The molecule has 0 spiro atoms. The van der Waals surface area contributed by atoms with E-state index in [9.17, 15) is 0 Å². The third-order valence-electron chi connectivity index (χ3n) is 2.35. The Bertz CT molecular complexity index is 263. The van der Waals surface area contributed by atoms with Crippen LogP contribution in [0.25, 0.3) is 0 Å². The van der Waals surface area contributed by atoms with Crippen LogP contribution in [0, 0.1) is 5.92 Å². The molecule has 80 valence electrons. The molecular weight excluding hydrogens is 176 g/mol. The van der Waals surface area contributed by atoms with Gasteiger partial charge in [-0.3, -0.25) is 0 Å². The average molecular weight is 196 g/mol. The predicted molar refractivity (Wildman–Crippen MR) is 56.9 cm³/mol. The second-order valence-electron chi connectivity index (χ2n) is 4.08. The lowest BCUT2D eigenvalue weighted by Gasteiger charge is -2.14. The molecule has 0 aromatic carbocycles. The lowest BCUT2D eigenvalue weighted by Crippen LogP contribution is -2.18. The fraction of sp³-hybridized carbons (Fsp3) is 0.800. The summed E-state index contributed by atoms with van der Waals surface area (Å²) in [6.45, 7) is 8.12. The van der Waals surface area contributed by atoms with Gasteiger partial charge < -0.3 is 10.3 Å². The third kappa shape index (κ3) is 2.54. The minimum atomic E-state index is 0.344. The van der Waals surface area contributed by atoms with Crippen molar-refractivity contribution in [2.24, 2.45) is 11.7 Å². The first-order valence-electron chi connectivity index (χ1n) is 5.26. The molecule has 1 rings (SSSR count). The van der Waals surface area contributed by atoms with E-state index >= 15 is 0 Å². The maximum absolute atomic E-state index is 5.69. The molecule has 0 amide bonds. The first-order valence-corrected chi connectivity index (χ1v) is 5.26. The van der Waals surface area contributed by atoms with E-state index in [0.29, 0.717) is 18.4 Å². The fourth-order valence-electron chi connectivity index (χ4n) is 1.57. The second-order valence-corrected chi connectivity index (χ2v) is 4.08. The molecule has 0 radical (unpaired) electrons. The zero-order valence-corrected chi connectivity index (χ0v) is 9.27. The largest absolute Gasteiger partial charge is 0.330 e. The summed E-state index contributed by atoms with van der Waals surface area (Å²) in [5.41, 5.74) is 5.69. The molecule has 0 aliphatic carbocycles. The molecule has 0 aliphatic heterocycles. The molecule has 4 nitrogen and oxygen atoms in total. The number of nitrogens with two attached hydrogens (primary N) is 1. The van der Waals surface area contributed by atoms with Gasteiger partial charge >= 0.3 is 0 Å². The van der Waals surface area contributed by atoms with E-state index in [1.807, 2.05) is 0 Å². The van der Waals surface area contributed by atoms with E-state index < -0.39 is 0 Å². The van der Waals surface area contributed by atoms with E-state index in [1.165, 1.54) is 0 Å². The summed E-state index contributed by atoms with van der Waals surface area (Å²) in [7, 11) is 0. The van der Waals surface area contributed by atoms with Crippen LogP contribution in [0.5, 0.6) is 0 Å². The van der Waals surface area contributed by atoms with Crippen molar-refractivity contribution in [1.82, 2.24) is 14.8 Å². The number of hydrogen-bond acceptors (Lipinski definition) is 3. The normalized spacial score (nSPS) is 13.5. The van der Waals surface area contributed by atoms with Crippen LogP contribution < -0.4 is 5.73 Å². The zero-order valence-electron chi connectivity index (χ0n) is 9.27. The van der Waals surface area contributed by atoms with Crippen molar-refractivity contribution in [2.45, 2.75) is 39.7 Å². The Morgan fingerprint density at radius 1 is 1.50 bits per heavy atom. The quantitative estimate of drug-likeness (QED) is 0.774. The molecule has 1 aromatic rings. The van der Waals surface area contributed by atoms with Gasteiger partial charge in [0.2, 0.25) is 0 Å². The molecule has 0 saturated carbocycles. The van der Waals surface area contributed by atoms with E-state index in [-0.39, 0.29) is 0 Å². The summed E-state index contributed by atoms with van der Waals surface area (Å²) >= 11 is 0. The van der Waals surface area contributed by atoms with Crippen LogP contribution >= 0.6 is 0 Å². The smallest absolute Gasteiger partial charge is 0.137 e. The van der Waals surface area contributed by atoms with Crippen LogP contribution in [0.15, 0.2) is 6.33 Å². The maximum Gasteiger partial charge on any atom is 0.137 e. The van der Waals surface area contributed by atoms with Crippen LogP contribution in [0.2, 0.25) is 0 Å². The summed E-state index contributed by atoms with van der Waals surface area (Å²) in [4.78, 5) is 0. The predicted octanol–water partition coefficient (Wildman–Crippen LogP) is 1.39. The van der Waals surface area contributed by atoms with Gasteiger partial charge in [-0.25, -0.2) is 0 Å². The highest BCUT2D eigenvalue weighted by atomic mass is 15.3. The summed E-state index contributed by atoms with van der Waals surface area (Å²) in [6, 6.07) is 0. The number of hydrogen-bond donors (Lipinski definition) is 1. The molecule has 14 heavy (non-hydrogen) atoms. The first kappa shape index (κ1) is 11.2. The Morgan fingerprint density at radius 3 is 2.71 bits per heavy atom. The molecular formula is C10H20N4. The monoisotopic (exact) mass is 196 g/mol. The van der Waals surface area contributed by atoms with Crippen LogP contribution in [-0.4, -0.2) is 21.3 Å². The van der Waals surface area contributed by atoms with Crippen molar-refractivity contribution < 1.29 is 0 Å². The lowest BCUT2D eigenvalue weighted by atomic mass is 10.1. The minimum absolute atomic E-state index is 0.344. The van der Waals surface area contributed by atoms with Crippen LogP contribution in [0.3, 0.4) is 0 Å². The standard InChI is InChI=1S/C10H20N4/c1-4-9(5-11)10-13-12-7-14(10)6-8(2)3/h7-9H,4-6,11H2,1-3H3. The molecule has 1 atom stereocenters. The van der Waals surface area contributed by atoms with Crippen molar-refractivity contribution >= 4 is 0 Å². The average Bonchev–Trinajstić information content (AvgIpc) is 2.55. The summed E-state index contributed by atoms with van der Waals surface area (Å²) < 4.78 is 2.12. The molecule has 1 aromatic heterocycles. The Hall–Kier alpha value is -0.900. The maximum atomic E-state index is 5.69. The highest BCUT2D eigenvalue weighted by Gasteiger charge is 2.14. The van der Waals surface area contributed by atoms with Crippen LogP contribution in [-0.2, 0) is 6.54 Å². The van der Waals surface area contributed by atoms with E-state index in [1.54, 1.807) is 6.33 Å². The van der Waals surface area contributed by atoms with Crippen molar-refractivity contribution in [2.75, 3.05) is 6.54 Å². The topological polar surface area (TPSA) is 56.7 Å². The van der Waals surface area contributed by atoms with E-state index in [4.69, 9.17) is 5.73 Å². The van der Waals surface area contributed by atoms with Crippen LogP contribution in [0.1, 0.15) is 38.9 Å². The highest BCUT2D eigenvalue weighted by molar-refractivity contribution is 4.96. The van der Waals surface area contributed by atoms with Crippen LogP contribution in [0.4, 0.5) is 0 Å². The van der Waals surface area contributed by atoms with Gasteiger partial charge in [-0.2, -0.15) is 0 Å². The molecule has 1 unspecified atom stereocenters. The Balaban J connectivity index is 2.80. The third-order valence-corrected chi connectivity index (χ3v) is 2.35. The van der Waals surface area contributed by atoms with Crippen molar-refractivity contribution in [3.05, 3.63) is 12.2 Å². The van der Waals surface area contributed by atoms with E-state index in [0.717, 1.165) is 18.8 Å². The van der Waals surface area contributed by atoms with Gasteiger partial charge in [0, 0.05) is 19.0 Å². The lowest BCUT2D eigenvalue weighted by molar-refractivity contribution is 0.483. The van der Waals surface area contributed by atoms with Gasteiger partial charge in [0.25, 0.3) is 0 Å². The molecule has 4 heteroatoms. The van der Waals surface area contributed by atoms with Gasteiger partial charge in [-0.05, 0) is 12.3 Å². The number of rotatable bonds is 5. The summed E-state index contributed by atoms with van der Waals surface area (Å²) in [6.07, 6.45) is 2.82. The number of aromatic nitrogens is 3. The Morgan fingerprint density at radius 2 is 2.21 bits per heavy atom. The summed E-state index contributed by atoms with van der Waals surface area (Å²) in [5, 5.41) is 8.09. The molecule has 0 fully saturated rings. The molecule has 0 bridgehead atoms. The zero-order chi connectivity index (χ0) is 10.6. The van der Waals surface area contributed by atoms with E-state index in [2.05, 4.69) is 35.5 Å². The first-order chi connectivity index (χ1) is 6.69. The second kappa shape index (κ2) is 5.10. The highest BCUT2D eigenvalue weighted by Crippen LogP contribution is 2.16. The summed E-state index contributed by atoms with van der Waals surface area (Å²) in [5.74, 6) is 1.99. The molecule has 0 aliphatic rings. The van der Waals surface area contributed by atoms with Crippen molar-refractivity contribution in [3.8, 4) is 0 Å². The van der Waals surface area contributed by atoms with Crippen molar-refractivity contribution in [3.63, 3.8) is 0 Å². The van der Waals surface area contributed by atoms with Gasteiger partial charge in [0.1, 0.15) is 12.2 Å². The molecule has 1 heterocycles. The Labute approximate surface area is 85.5 Å². The molecule has 2 N–H and O–H groups in total. The van der Waals surface area contributed by atoms with Gasteiger partial charge in [-0.15, -0.1) is 10.2 Å². The van der Waals surface area contributed by atoms with Gasteiger partial charge in [-0.1, -0.05) is 20.8 Å². The fourth-order valence-corrected chi connectivity index (χ4v) is 1.57. The van der Waals surface area contributed by atoms with Gasteiger partial charge in [0.15, 0.2) is 0 Å². The Kier molecular flexibility index (Phi) is 4.07. The number of nitrogens with zero attached hydrogens (tertiary/aromatic N) is 3.